The number of thiophene rings is 1. The van der Waals surface area contributed by atoms with Crippen LogP contribution in [-0.4, -0.2) is 23.3 Å². The van der Waals surface area contributed by atoms with E-state index in [1.54, 1.807) is 24.0 Å². The summed E-state index contributed by atoms with van der Waals surface area (Å²) in [4.78, 5) is 40.4. The summed E-state index contributed by atoms with van der Waals surface area (Å²) < 4.78 is 5.43. The van der Waals surface area contributed by atoms with Crippen LogP contribution in [0.5, 0.6) is 0 Å². The molecule has 1 aliphatic heterocycles. The van der Waals surface area contributed by atoms with Gasteiger partial charge in [0, 0.05) is 34.7 Å². The highest BCUT2D eigenvalue weighted by molar-refractivity contribution is 7.16. The monoisotopic (exact) mass is 518 g/mol. The van der Waals surface area contributed by atoms with Crippen LogP contribution in [0.2, 0.25) is 0 Å². The van der Waals surface area contributed by atoms with Crippen molar-refractivity contribution in [1.29, 1.82) is 5.26 Å². The molecule has 1 aromatic heterocycles. The van der Waals surface area contributed by atoms with E-state index in [2.05, 4.69) is 6.07 Å². The summed E-state index contributed by atoms with van der Waals surface area (Å²) in [5.41, 5.74) is 9.66. The van der Waals surface area contributed by atoms with Crippen molar-refractivity contribution in [3.05, 3.63) is 78.6 Å². The molecule has 0 unspecified atom stereocenters. The summed E-state index contributed by atoms with van der Waals surface area (Å²) in [6.45, 7) is 1.97. The van der Waals surface area contributed by atoms with Gasteiger partial charge >= 0.3 is 5.97 Å². The third kappa shape index (κ3) is 4.09. The lowest BCUT2D eigenvalue weighted by atomic mass is 9.75. The molecule has 2 aliphatic carbocycles. The molecular formula is C27H26N4O5S. The molecule has 37 heavy (non-hydrogen) atoms. The van der Waals surface area contributed by atoms with E-state index >= 15 is 0 Å². The number of esters is 1. The van der Waals surface area contributed by atoms with E-state index in [0.717, 1.165) is 36.1 Å². The maximum atomic E-state index is 13.4. The fraction of sp³-hybridized carbons (Fsp3) is 0.370. The number of nitro benzene ring substituents is 1. The minimum Gasteiger partial charge on any atom is -0.462 e. The van der Waals surface area contributed by atoms with E-state index in [1.807, 2.05) is 0 Å². The third-order valence-corrected chi connectivity index (χ3v) is 8.44. The molecule has 2 heterocycles. The Balaban J connectivity index is 1.76. The molecule has 0 spiro atoms. The first-order chi connectivity index (χ1) is 17.9. The molecule has 5 rings (SSSR count). The zero-order chi connectivity index (χ0) is 26.3. The van der Waals surface area contributed by atoms with E-state index in [0.29, 0.717) is 46.7 Å². The number of allylic oxidation sites excluding steroid dienone is 3. The van der Waals surface area contributed by atoms with Crippen LogP contribution < -0.4 is 10.6 Å². The second-order valence-corrected chi connectivity index (χ2v) is 10.4. The normalized spacial score (nSPS) is 19.3. The number of nitro groups is 1. The zero-order valence-corrected chi connectivity index (χ0v) is 21.2. The number of nitrogens with two attached hydrogens (primary N) is 1. The van der Waals surface area contributed by atoms with Crippen LogP contribution in [0.4, 0.5) is 10.7 Å². The lowest BCUT2D eigenvalue weighted by Crippen LogP contribution is -2.39. The minimum absolute atomic E-state index is 0.123. The Morgan fingerprint density at radius 2 is 2.05 bits per heavy atom. The van der Waals surface area contributed by atoms with E-state index in [9.17, 15) is 25.0 Å². The summed E-state index contributed by atoms with van der Waals surface area (Å²) in [5, 5.41) is 22.3. The molecule has 1 aromatic carbocycles. The molecular weight excluding hydrogens is 492 g/mol. The second kappa shape index (κ2) is 9.82. The van der Waals surface area contributed by atoms with Crippen molar-refractivity contribution >= 4 is 33.8 Å². The maximum absolute atomic E-state index is 13.4. The van der Waals surface area contributed by atoms with Crippen molar-refractivity contribution in [2.24, 2.45) is 5.73 Å². The first-order valence-corrected chi connectivity index (χ1v) is 13.2. The number of Topliss-reactive ketones (excluding diaryl/α,β-unsaturated/α-hetero) is 1. The van der Waals surface area contributed by atoms with Crippen molar-refractivity contribution in [2.75, 3.05) is 11.5 Å². The van der Waals surface area contributed by atoms with Crippen molar-refractivity contribution in [2.45, 2.75) is 57.8 Å². The highest BCUT2D eigenvalue weighted by atomic mass is 32.1. The van der Waals surface area contributed by atoms with Gasteiger partial charge in [-0.05, 0) is 56.6 Å². The molecule has 0 bridgehead atoms. The fourth-order valence-electron chi connectivity index (χ4n) is 5.59. The number of anilines is 1. The summed E-state index contributed by atoms with van der Waals surface area (Å²) in [7, 11) is 0. The first-order valence-electron chi connectivity index (χ1n) is 12.4. The largest absolute Gasteiger partial charge is 0.462 e. The Labute approximate surface area is 218 Å². The number of rotatable bonds is 5. The number of nitrogens with zero attached hydrogens (tertiary/aromatic N) is 3. The van der Waals surface area contributed by atoms with E-state index in [-0.39, 0.29) is 29.5 Å². The molecule has 0 saturated heterocycles. The molecule has 9 nitrogen and oxygen atoms in total. The number of ether oxygens (including phenoxy) is 1. The predicted octanol–water partition coefficient (Wildman–Crippen LogP) is 5.02. The number of benzene rings is 1. The van der Waals surface area contributed by atoms with Gasteiger partial charge in [0.2, 0.25) is 0 Å². The molecule has 0 saturated carbocycles. The summed E-state index contributed by atoms with van der Waals surface area (Å²) in [6.07, 6.45) is 5.01. The minimum atomic E-state index is -0.815. The van der Waals surface area contributed by atoms with Crippen LogP contribution in [-0.2, 0) is 22.4 Å². The standard InChI is InChI=1S/C27H26N4O5S/c1-2-36-27(33)23-17-9-3-4-12-21(17)37-26(23)30-19-10-6-11-20(32)24(19)22(18(14-28)25(30)29)15-7-5-8-16(13-15)31(34)35/h5,7-8,13,22H,2-4,6,9-12,29H2,1H3/t22-/m0/s1. The van der Waals surface area contributed by atoms with Gasteiger partial charge in [-0.15, -0.1) is 11.3 Å². The van der Waals surface area contributed by atoms with Crippen LogP contribution in [0.1, 0.15) is 71.3 Å². The summed E-state index contributed by atoms with van der Waals surface area (Å²) in [6, 6.07) is 8.18. The highest BCUT2D eigenvalue weighted by Gasteiger charge is 2.43. The maximum Gasteiger partial charge on any atom is 0.341 e. The van der Waals surface area contributed by atoms with E-state index in [1.165, 1.54) is 23.5 Å². The first kappa shape index (κ1) is 24.7. The molecule has 0 amide bonds. The number of nitriles is 1. The van der Waals surface area contributed by atoms with Crippen LogP contribution in [0.15, 0.2) is 46.9 Å². The van der Waals surface area contributed by atoms with Crippen molar-refractivity contribution in [1.82, 2.24) is 0 Å². The van der Waals surface area contributed by atoms with Crippen molar-refractivity contribution in [3.8, 4) is 6.07 Å². The Hall–Kier alpha value is -3.97. The molecule has 0 radical (unpaired) electrons. The highest BCUT2D eigenvalue weighted by Crippen LogP contribution is 2.50. The summed E-state index contributed by atoms with van der Waals surface area (Å²) >= 11 is 1.47. The number of ketones is 1. The number of aryl methyl sites for hydroxylation is 1. The number of carbonyl (C=O) groups excluding carboxylic acids is 2. The van der Waals surface area contributed by atoms with E-state index < -0.39 is 16.8 Å². The average Bonchev–Trinajstić information content (AvgIpc) is 3.27. The number of hydrogen-bond acceptors (Lipinski definition) is 9. The van der Waals surface area contributed by atoms with Gasteiger partial charge < -0.3 is 10.5 Å². The summed E-state index contributed by atoms with van der Waals surface area (Å²) in [5.74, 6) is -1.24. The van der Waals surface area contributed by atoms with Gasteiger partial charge in [0.1, 0.15) is 10.8 Å². The van der Waals surface area contributed by atoms with Crippen LogP contribution in [0, 0.1) is 21.4 Å². The molecule has 1 atom stereocenters. The topological polar surface area (TPSA) is 140 Å². The van der Waals surface area contributed by atoms with Gasteiger partial charge in [0.25, 0.3) is 5.69 Å². The Kier molecular flexibility index (Phi) is 6.56. The van der Waals surface area contributed by atoms with Gasteiger partial charge in [-0.25, -0.2) is 4.79 Å². The molecule has 2 aromatic rings. The number of carbonyl (C=O) groups is 2. The Bertz CT molecular complexity index is 1430. The SMILES string of the molecule is CCOC(=O)c1c(N2C(N)=C(C#N)[C@H](c3cccc([N+](=O)[O-])c3)C3=C2CCCC3=O)sc2c1CCCC2. The van der Waals surface area contributed by atoms with Gasteiger partial charge in [-0.2, -0.15) is 5.26 Å². The van der Waals surface area contributed by atoms with Gasteiger partial charge in [-0.1, -0.05) is 12.1 Å². The number of non-ortho nitro benzene ring substituents is 1. The molecule has 2 N–H and O–H groups in total. The molecule has 0 fully saturated rings. The van der Waals surface area contributed by atoms with E-state index in [4.69, 9.17) is 10.5 Å². The molecule has 3 aliphatic rings. The Morgan fingerprint density at radius 3 is 2.78 bits per heavy atom. The molecule has 190 valence electrons. The lowest BCUT2D eigenvalue weighted by molar-refractivity contribution is -0.384. The van der Waals surface area contributed by atoms with Gasteiger partial charge in [0.15, 0.2) is 5.78 Å². The lowest BCUT2D eigenvalue weighted by Gasteiger charge is -2.39. The smallest absolute Gasteiger partial charge is 0.341 e. The second-order valence-electron chi connectivity index (χ2n) is 9.28. The van der Waals surface area contributed by atoms with Crippen molar-refractivity contribution in [3.63, 3.8) is 0 Å². The Morgan fingerprint density at radius 1 is 1.27 bits per heavy atom. The fourth-order valence-corrected chi connectivity index (χ4v) is 7.01. The predicted molar refractivity (Wildman–Crippen MR) is 138 cm³/mol. The number of fused-ring (bicyclic) bond motifs is 1. The quantitative estimate of drug-likeness (QED) is 0.331. The zero-order valence-electron chi connectivity index (χ0n) is 20.4. The van der Waals surface area contributed by atoms with Crippen LogP contribution >= 0.6 is 11.3 Å². The average molecular weight is 519 g/mol. The van der Waals surface area contributed by atoms with Crippen LogP contribution in [0.25, 0.3) is 0 Å². The third-order valence-electron chi connectivity index (χ3n) is 7.16. The number of hydrogen-bond donors (Lipinski definition) is 1. The van der Waals surface area contributed by atoms with Gasteiger partial charge in [0.05, 0.1) is 34.7 Å². The molecule has 10 heteroatoms. The van der Waals surface area contributed by atoms with Crippen molar-refractivity contribution < 1.29 is 19.2 Å². The van der Waals surface area contributed by atoms with Gasteiger partial charge in [-0.3, -0.25) is 19.8 Å². The van der Waals surface area contributed by atoms with Crippen LogP contribution in [0.3, 0.4) is 0 Å².